The number of rotatable bonds is 7. The predicted octanol–water partition coefficient (Wildman–Crippen LogP) is 3.60. The topological polar surface area (TPSA) is 103 Å². The Balaban J connectivity index is 1.33. The molecule has 2 atom stereocenters. The molecule has 1 fully saturated rings. The number of fused-ring (bicyclic) bond motifs is 1. The maximum absolute atomic E-state index is 12.6. The van der Waals surface area contributed by atoms with Gasteiger partial charge < -0.3 is 10.6 Å². The summed E-state index contributed by atoms with van der Waals surface area (Å²) in [4.78, 5) is 28.9. The molecule has 2 unspecified atom stereocenters. The summed E-state index contributed by atoms with van der Waals surface area (Å²) in [5, 5.41) is 16.4. The third-order valence-corrected chi connectivity index (χ3v) is 6.08. The molecular weight excluding hydrogens is 404 g/mol. The minimum atomic E-state index is -0.440. The maximum Gasteiger partial charge on any atom is 0.251 e. The van der Waals surface area contributed by atoms with Crippen molar-refractivity contribution in [3.8, 4) is 0 Å². The molecule has 0 bridgehead atoms. The van der Waals surface area contributed by atoms with Crippen molar-refractivity contribution in [1.82, 2.24) is 15.8 Å². The molecule has 1 aliphatic rings. The number of aromatic nitrogens is 1. The van der Waals surface area contributed by atoms with E-state index >= 15 is 0 Å². The SMILES string of the molecule is Cc1cc(CCNc2ccc(C(=O)NC3CCCC3C(=O)NO)cc2)c2ccccc2n1. The number of carbonyl (C=O) groups excluding carboxylic acids is 2. The number of pyridine rings is 1. The highest BCUT2D eigenvalue weighted by Gasteiger charge is 2.34. The second-order valence-corrected chi connectivity index (χ2v) is 8.29. The number of carbonyl (C=O) groups is 2. The molecule has 1 saturated carbocycles. The second-order valence-electron chi connectivity index (χ2n) is 8.29. The lowest BCUT2D eigenvalue weighted by atomic mass is 10.0. The molecule has 7 heteroatoms. The minimum Gasteiger partial charge on any atom is -0.385 e. The molecule has 7 nitrogen and oxygen atoms in total. The summed E-state index contributed by atoms with van der Waals surface area (Å²) < 4.78 is 0. The van der Waals surface area contributed by atoms with Gasteiger partial charge in [-0.3, -0.25) is 19.8 Å². The van der Waals surface area contributed by atoms with Crippen molar-refractivity contribution in [2.24, 2.45) is 5.92 Å². The normalized spacial score (nSPS) is 17.8. The minimum absolute atomic E-state index is 0.210. The van der Waals surface area contributed by atoms with Crippen LogP contribution >= 0.6 is 0 Å². The van der Waals surface area contributed by atoms with Gasteiger partial charge in [0.2, 0.25) is 5.91 Å². The number of benzene rings is 2. The summed E-state index contributed by atoms with van der Waals surface area (Å²) >= 11 is 0. The van der Waals surface area contributed by atoms with Crippen LogP contribution in [0.1, 0.15) is 40.9 Å². The van der Waals surface area contributed by atoms with E-state index in [1.165, 1.54) is 10.9 Å². The van der Waals surface area contributed by atoms with E-state index in [9.17, 15) is 9.59 Å². The molecule has 0 saturated heterocycles. The quantitative estimate of drug-likeness (QED) is 0.337. The number of hydrogen-bond acceptors (Lipinski definition) is 5. The van der Waals surface area contributed by atoms with E-state index in [1.54, 1.807) is 17.6 Å². The van der Waals surface area contributed by atoms with Gasteiger partial charge in [0, 0.05) is 34.9 Å². The number of anilines is 1. The van der Waals surface area contributed by atoms with Crippen LogP contribution in [0.2, 0.25) is 0 Å². The van der Waals surface area contributed by atoms with E-state index in [-0.39, 0.29) is 11.9 Å². The van der Waals surface area contributed by atoms with Gasteiger partial charge in [0.15, 0.2) is 0 Å². The van der Waals surface area contributed by atoms with Gasteiger partial charge in [-0.15, -0.1) is 0 Å². The number of hydroxylamine groups is 1. The van der Waals surface area contributed by atoms with E-state index in [1.807, 2.05) is 37.3 Å². The van der Waals surface area contributed by atoms with Gasteiger partial charge >= 0.3 is 0 Å². The van der Waals surface area contributed by atoms with Crippen LogP contribution in [0.3, 0.4) is 0 Å². The molecule has 1 aliphatic carbocycles. The molecular formula is C25H28N4O3. The lowest BCUT2D eigenvalue weighted by Gasteiger charge is -2.19. The molecule has 4 rings (SSSR count). The first-order valence-corrected chi connectivity index (χ1v) is 11.0. The fourth-order valence-electron chi connectivity index (χ4n) is 4.46. The molecule has 0 aliphatic heterocycles. The summed E-state index contributed by atoms with van der Waals surface area (Å²) in [6, 6.07) is 17.4. The fraction of sp³-hybridized carbons (Fsp3) is 0.320. The van der Waals surface area contributed by atoms with Crippen LogP contribution in [0.4, 0.5) is 5.69 Å². The molecule has 2 amide bonds. The number of para-hydroxylation sites is 1. The van der Waals surface area contributed by atoms with Crippen molar-refractivity contribution in [3.05, 3.63) is 71.4 Å². The van der Waals surface area contributed by atoms with Crippen molar-refractivity contribution >= 4 is 28.4 Å². The number of aryl methyl sites for hydroxylation is 1. The van der Waals surface area contributed by atoms with Crippen molar-refractivity contribution in [3.63, 3.8) is 0 Å². The molecule has 0 spiro atoms. The molecule has 166 valence electrons. The highest BCUT2D eigenvalue weighted by Crippen LogP contribution is 2.26. The predicted molar refractivity (Wildman–Crippen MR) is 124 cm³/mol. The Morgan fingerprint density at radius 2 is 1.88 bits per heavy atom. The third-order valence-electron chi connectivity index (χ3n) is 6.08. The van der Waals surface area contributed by atoms with E-state index in [0.717, 1.165) is 42.7 Å². The number of nitrogens with one attached hydrogen (secondary N) is 3. The Hall–Kier alpha value is -3.45. The van der Waals surface area contributed by atoms with Gasteiger partial charge in [0.1, 0.15) is 0 Å². The monoisotopic (exact) mass is 432 g/mol. The van der Waals surface area contributed by atoms with Crippen molar-refractivity contribution in [2.45, 2.75) is 38.6 Å². The lowest BCUT2D eigenvalue weighted by Crippen LogP contribution is -2.43. The molecule has 2 aromatic carbocycles. The average Bonchev–Trinajstić information content (AvgIpc) is 3.27. The van der Waals surface area contributed by atoms with Crippen LogP contribution in [0, 0.1) is 12.8 Å². The van der Waals surface area contributed by atoms with E-state index in [4.69, 9.17) is 5.21 Å². The fourth-order valence-corrected chi connectivity index (χ4v) is 4.46. The van der Waals surface area contributed by atoms with Crippen LogP contribution < -0.4 is 16.1 Å². The second kappa shape index (κ2) is 9.78. The Kier molecular flexibility index (Phi) is 6.66. The molecule has 4 N–H and O–H groups in total. The highest BCUT2D eigenvalue weighted by molar-refractivity contribution is 5.95. The first-order valence-electron chi connectivity index (χ1n) is 11.0. The van der Waals surface area contributed by atoms with E-state index < -0.39 is 11.8 Å². The van der Waals surface area contributed by atoms with Crippen LogP contribution in [0.25, 0.3) is 10.9 Å². The molecule has 1 aromatic heterocycles. The molecule has 1 heterocycles. The largest absolute Gasteiger partial charge is 0.385 e. The average molecular weight is 433 g/mol. The van der Waals surface area contributed by atoms with Gasteiger partial charge in [-0.05, 0) is 68.1 Å². The third kappa shape index (κ3) is 4.89. The van der Waals surface area contributed by atoms with Gasteiger partial charge in [0.25, 0.3) is 5.91 Å². The Morgan fingerprint density at radius 1 is 1.09 bits per heavy atom. The summed E-state index contributed by atoms with van der Waals surface area (Å²) in [5.74, 6) is -1.04. The molecule has 0 radical (unpaired) electrons. The van der Waals surface area contributed by atoms with Gasteiger partial charge in [-0.1, -0.05) is 24.6 Å². The Labute approximate surface area is 187 Å². The van der Waals surface area contributed by atoms with Gasteiger partial charge in [-0.2, -0.15) is 0 Å². The van der Waals surface area contributed by atoms with Gasteiger partial charge in [-0.25, -0.2) is 5.48 Å². The zero-order valence-electron chi connectivity index (χ0n) is 18.1. The highest BCUT2D eigenvalue weighted by atomic mass is 16.5. The van der Waals surface area contributed by atoms with Crippen LogP contribution in [0.5, 0.6) is 0 Å². The van der Waals surface area contributed by atoms with Crippen LogP contribution in [-0.4, -0.2) is 34.6 Å². The molecule has 3 aromatic rings. The van der Waals surface area contributed by atoms with E-state index in [0.29, 0.717) is 12.0 Å². The lowest BCUT2D eigenvalue weighted by molar-refractivity contribution is -0.133. The Morgan fingerprint density at radius 3 is 2.66 bits per heavy atom. The molecule has 32 heavy (non-hydrogen) atoms. The summed E-state index contributed by atoms with van der Waals surface area (Å²) in [7, 11) is 0. The van der Waals surface area contributed by atoms with Crippen molar-refractivity contribution < 1.29 is 14.8 Å². The van der Waals surface area contributed by atoms with Gasteiger partial charge in [0.05, 0.1) is 11.4 Å². The van der Waals surface area contributed by atoms with Crippen LogP contribution in [-0.2, 0) is 11.2 Å². The first-order chi connectivity index (χ1) is 15.5. The van der Waals surface area contributed by atoms with E-state index in [2.05, 4.69) is 27.8 Å². The zero-order valence-corrected chi connectivity index (χ0v) is 18.1. The number of hydrogen-bond donors (Lipinski definition) is 4. The van der Waals surface area contributed by atoms with Crippen LogP contribution in [0.15, 0.2) is 54.6 Å². The standard InChI is InChI=1S/C25H28N4O3/c1-16-15-18(20-5-2-3-7-22(20)27-16)13-14-26-19-11-9-17(10-12-19)24(30)28-23-8-4-6-21(23)25(31)29-32/h2-3,5,7,9-12,15,21,23,26,32H,4,6,8,13-14H2,1H3,(H,28,30)(H,29,31). The number of nitrogens with zero attached hydrogens (tertiary/aromatic N) is 1. The summed E-state index contributed by atoms with van der Waals surface area (Å²) in [5.41, 5.74) is 6.46. The summed E-state index contributed by atoms with van der Waals surface area (Å²) in [6.07, 6.45) is 3.10. The van der Waals surface area contributed by atoms with Crippen molar-refractivity contribution in [2.75, 3.05) is 11.9 Å². The zero-order chi connectivity index (χ0) is 22.5. The Bertz CT molecular complexity index is 1110. The smallest absolute Gasteiger partial charge is 0.251 e. The number of amides is 2. The maximum atomic E-state index is 12.6. The summed E-state index contributed by atoms with van der Waals surface area (Å²) in [6.45, 7) is 2.77. The van der Waals surface area contributed by atoms with Crippen molar-refractivity contribution in [1.29, 1.82) is 0 Å². The first kappa shape index (κ1) is 21.8.